The van der Waals surface area contributed by atoms with Gasteiger partial charge in [0, 0.05) is 13.2 Å². The molecule has 0 atom stereocenters. The molecule has 0 aromatic carbocycles. The summed E-state index contributed by atoms with van der Waals surface area (Å²) in [5, 5.41) is 3.21. The highest BCUT2D eigenvalue weighted by molar-refractivity contribution is 4.96. The molecule has 0 saturated carbocycles. The second-order valence-corrected chi connectivity index (χ2v) is 2.57. The summed E-state index contributed by atoms with van der Waals surface area (Å²) >= 11 is 0. The van der Waals surface area contributed by atoms with Gasteiger partial charge in [-0.3, -0.25) is 0 Å². The molecular weight excluding hydrogens is 150 g/mol. The van der Waals surface area contributed by atoms with Crippen LogP contribution in [0, 0.1) is 11.8 Å². The van der Waals surface area contributed by atoms with Crippen molar-refractivity contribution in [3.63, 3.8) is 0 Å². The Labute approximate surface area is 75.7 Å². The zero-order valence-corrected chi connectivity index (χ0v) is 8.15. The molecule has 0 fully saturated rings. The van der Waals surface area contributed by atoms with Crippen LogP contribution in [-0.4, -0.2) is 26.3 Å². The summed E-state index contributed by atoms with van der Waals surface area (Å²) in [5.41, 5.74) is 0. The fraction of sp³-hybridized carbons (Fsp3) is 0.800. The van der Waals surface area contributed by atoms with E-state index in [4.69, 9.17) is 4.74 Å². The molecule has 0 rings (SSSR count). The van der Waals surface area contributed by atoms with Crippen LogP contribution in [0.3, 0.4) is 0 Å². The lowest BCUT2D eigenvalue weighted by molar-refractivity contribution is 0.132. The third-order valence-electron chi connectivity index (χ3n) is 1.38. The topological polar surface area (TPSA) is 21.3 Å². The van der Waals surface area contributed by atoms with Crippen LogP contribution in [0.4, 0.5) is 0 Å². The van der Waals surface area contributed by atoms with E-state index in [0.717, 1.165) is 39.1 Å². The average molecular weight is 169 g/mol. The monoisotopic (exact) mass is 169 g/mol. The Balaban J connectivity index is 2.84. The second kappa shape index (κ2) is 10.5. The van der Waals surface area contributed by atoms with Crippen LogP contribution < -0.4 is 5.32 Å². The zero-order chi connectivity index (χ0) is 9.07. The van der Waals surface area contributed by atoms with Crippen molar-refractivity contribution in [2.75, 3.05) is 26.3 Å². The van der Waals surface area contributed by atoms with Gasteiger partial charge in [-0.15, -0.1) is 5.92 Å². The molecule has 0 bridgehead atoms. The Morgan fingerprint density at radius 1 is 1.33 bits per heavy atom. The van der Waals surface area contributed by atoms with Crippen LogP contribution in [0.5, 0.6) is 0 Å². The minimum absolute atomic E-state index is 0.796. The lowest BCUT2D eigenvalue weighted by Crippen LogP contribution is -2.17. The predicted octanol–water partition coefficient (Wildman–Crippen LogP) is 1.42. The molecule has 12 heavy (non-hydrogen) atoms. The first kappa shape index (κ1) is 11.5. The molecule has 0 radical (unpaired) electrons. The first-order valence-corrected chi connectivity index (χ1v) is 4.60. The van der Waals surface area contributed by atoms with E-state index in [2.05, 4.69) is 24.1 Å². The van der Waals surface area contributed by atoms with Crippen molar-refractivity contribution < 1.29 is 4.74 Å². The molecule has 0 aliphatic rings. The number of ether oxygens (including phenoxy) is 1. The summed E-state index contributed by atoms with van der Waals surface area (Å²) in [6.45, 7) is 7.51. The molecule has 0 aliphatic heterocycles. The van der Waals surface area contributed by atoms with Crippen molar-refractivity contribution >= 4 is 0 Å². The zero-order valence-electron chi connectivity index (χ0n) is 8.15. The van der Waals surface area contributed by atoms with Crippen LogP contribution >= 0.6 is 0 Å². The maximum atomic E-state index is 5.31. The standard InChI is InChI=1S/C10H19NO/c1-3-5-7-11-8-6-10-12-9-4-2/h11H,4,6-10H2,1-2H3. The quantitative estimate of drug-likeness (QED) is 0.459. The van der Waals surface area contributed by atoms with E-state index >= 15 is 0 Å². The Kier molecular flexibility index (Phi) is 10.0. The smallest absolute Gasteiger partial charge is 0.0576 e. The molecule has 2 nitrogen and oxygen atoms in total. The van der Waals surface area contributed by atoms with Gasteiger partial charge in [0.15, 0.2) is 0 Å². The Hall–Kier alpha value is -0.520. The van der Waals surface area contributed by atoms with Crippen LogP contribution in [0.1, 0.15) is 26.7 Å². The number of rotatable bonds is 7. The van der Waals surface area contributed by atoms with E-state index in [0.29, 0.717) is 0 Å². The highest BCUT2D eigenvalue weighted by Crippen LogP contribution is 1.83. The summed E-state index contributed by atoms with van der Waals surface area (Å²) in [6.07, 6.45) is 2.18. The molecule has 0 aliphatic carbocycles. The van der Waals surface area contributed by atoms with Crippen LogP contribution in [0.15, 0.2) is 0 Å². The highest BCUT2D eigenvalue weighted by Gasteiger charge is 1.86. The molecule has 0 aromatic heterocycles. The van der Waals surface area contributed by atoms with Crippen molar-refractivity contribution in [3.05, 3.63) is 0 Å². The molecule has 0 spiro atoms. The van der Waals surface area contributed by atoms with Gasteiger partial charge in [0.25, 0.3) is 0 Å². The fourth-order valence-corrected chi connectivity index (χ4v) is 0.785. The molecule has 70 valence electrons. The molecule has 0 unspecified atom stereocenters. The van der Waals surface area contributed by atoms with E-state index in [-0.39, 0.29) is 0 Å². The van der Waals surface area contributed by atoms with E-state index < -0.39 is 0 Å². The average Bonchev–Trinajstić information content (AvgIpc) is 2.10. The van der Waals surface area contributed by atoms with Crippen molar-refractivity contribution in [1.82, 2.24) is 5.32 Å². The van der Waals surface area contributed by atoms with Gasteiger partial charge in [0.2, 0.25) is 0 Å². The minimum atomic E-state index is 0.796. The van der Waals surface area contributed by atoms with Crippen molar-refractivity contribution in [2.45, 2.75) is 26.7 Å². The van der Waals surface area contributed by atoms with E-state index in [1.807, 2.05) is 6.92 Å². The molecule has 2 heteroatoms. The summed E-state index contributed by atoms with van der Waals surface area (Å²) in [4.78, 5) is 0. The molecule has 0 saturated heterocycles. The van der Waals surface area contributed by atoms with E-state index in [9.17, 15) is 0 Å². The summed E-state index contributed by atoms with van der Waals surface area (Å²) in [5.74, 6) is 5.78. The summed E-state index contributed by atoms with van der Waals surface area (Å²) < 4.78 is 5.31. The van der Waals surface area contributed by atoms with Gasteiger partial charge in [-0.1, -0.05) is 12.8 Å². The van der Waals surface area contributed by atoms with Gasteiger partial charge in [0.05, 0.1) is 6.54 Å². The van der Waals surface area contributed by atoms with E-state index in [1.165, 1.54) is 0 Å². The maximum absolute atomic E-state index is 5.31. The number of nitrogens with one attached hydrogen (secondary N) is 1. The van der Waals surface area contributed by atoms with Gasteiger partial charge in [-0.05, 0) is 26.3 Å². The third kappa shape index (κ3) is 9.48. The van der Waals surface area contributed by atoms with Crippen LogP contribution in [0.2, 0.25) is 0 Å². The predicted molar refractivity (Wildman–Crippen MR) is 52.0 cm³/mol. The SMILES string of the molecule is CC#CCNCCCOCCC. The lowest BCUT2D eigenvalue weighted by atomic mass is 10.4. The molecule has 0 aromatic rings. The van der Waals surface area contributed by atoms with Crippen LogP contribution in [-0.2, 0) is 4.74 Å². The van der Waals surface area contributed by atoms with Crippen LogP contribution in [0.25, 0.3) is 0 Å². The Bertz CT molecular complexity index is 135. The largest absolute Gasteiger partial charge is 0.381 e. The number of hydrogen-bond donors (Lipinski definition) is 1. The normalized spacial score (nSPS) is 9.17. The van der Waals surface area contributed by atoms with Crippen molar-refractivity contribution in [3.8, 4) is 11.8 Å². The van der Waals surface area contributed by atoms with Gasteiger partial charge in [-0.2, -0.15) is 0 Å². The Morgan fingerprint density at radius 2 is 2.17 bits per heavy atom. The number of hydrogen-bond acceptors (Lipinski definition) is 2. The Morgan fingerprint density at radius 3 is 2.83 bits per heavy atom. The highest BCUT2D eigenvalue weighted by atomic mass is 16.5. The minimum Gasteiger partial charge on any atom is -0.381 e. The third-order valence-corrected chi connectivity index (χ3v) is 1.38. The second-order valence-electron chi connectivity index (χ2n) is 2.57. The van der Waals surface area contributed by atoms with Gasteiger partial charge in [0.1, 0.15) is 0 Å². The fourth-order valence-electron chi connectivity index (χ4n) is 0.785. The van der Waals surface area contributed by atoms with Gasteiger partial charge < -0.3 is 10.1 Å². The van der Waals surface area contributed by atoms with Crippen molar-refractivity contribution in [1.29, 1.82) is 0 Å². The van der Waals surface area contributed by atoms with Gasteiger partial charge in [-0.25, -0.2) is 0 Å². The maximum Gasteiger partial charge on any atom is 0.0576 e. The summed E-state index contributed by atoms with van der Waals surface area (Å²) in [6, 6.07) is 0. The molecule has 0 amide bonds. The summed E-state index contributed by atoms with van der Waals surface area (Å²) in [7, 11) is 0. The van der Waals surface area contributed by atoms with Gasteiger partial charge >= 0.3 is 0 Å². The first-order chi connectivity index (χ1) is 5.91. The first-order valence-electron chi connectivity index (χ1n) is 4.60. The van der Waals surface area contributed by atoms with Crippen molar-refractivity contribution in [2.24, 2.45) is 0 Å². The lowest BCUT2D eigenvalue weighted by Gasteiger charge is -2.01. The molecule has 1 N–H and O–H groups in total. The molecular formula is C10H19NO. The molecule has 0 heterocycles. The van der Waals surface area contributed by atoms with E-state index in [1.54, 1.807) is 0 Å².